The highest BCUT2D eigenvalue weighted by Crippen LogP contribution is 2.36. The van der Waals surface area contributed by atoms with Gasteiger partial charge < -0.3 is 14.4 Å². The van der Waals surface area contributed by atoms with Crippen LogP contribution in [0.3, 0.4) is 0 Å². The van der Waals surface area contributed by atoms with Crippen LogP contribution in [0.5, 0.6) is 11.5 Å². The molecule has 2 aliphatic heterocycles. The van der Waals surface area contributed by atoms with E-state index in [2.05, 4.69) is 5.10 Å². The topological polar surface area (TPSA) is 56.6 Å². The molecule has 22 heavy (non-hydrogen) atoms. The monoisotopic (exact) mass is 299 g/mol. The molecule has 1 aromatic carbocycles. The lowest BCUT2D eigenvalue weighted by Gasteiger charge is -2.33. The van der Waals surface area contributed by atoms with Crippen molar-refractivity contribution < 1.29 is 14.3 Å². The van der Waals surface area contributed by atoms with Gasteiger partial charge in [-0.25, -0.2) is 0 Å². The predicted octanol–water partition coefficient (Wildman–Crippen LogP) is 2.09. The van der Waals surface area contributed by atoms with Gasteiger partial charge in [-0.1, -0.05) is 6.07 Å². The van der Waals surface area contributed by atoms with E-state index in [0.29, 0.717) is 23.6 Å². The number of hydrogen-bond acceptors (Lipinski definition) is 4. The zero-order valence-electron chi connectivity index (χ0n) is 12.1. The van der Waals surface area contributed by atoms with Gasteiger partial charge in [0.05, 0.1) is 11.6 Å². The molecule has 1 atom stereocenters. The van der Waals surface area contributed by atoms with Crippen LogP contribution in [0, 0.1) is 0 Å². The van der Waals surface area contributed by atoms with Crippen molar-refractivity contribution >= 4 is 5.91 Å². The number of carbonyl (C=O) groups is 1. The van der Waals surface area contributed by atoms with Crippen LogP contribution in [-0.4, -0.2) is 40.5 Å². The number of piperidine rings is 1. The van der Waals surface area contributed by atoms with E-state index in [1.807, 2.05) is 34.0 Å². The van der Waals surface area contributed by atoms with E-state index in [-0.39, 0.29) is 18.7 Å². The number of aromatic nitrogens is 2. The molecule has 1 aromatic heterocycles. The molecule has 1 fully saturated rings. The van der Waals surface area contributed by atoms with Crippen molar-refractivity contribution in [3.05, 3.63) is 42.2 Å². The molecule has 2 aromatic rings. The third kappa shape index (κ3) is 2.20. The first-order valence-corrected chi connectivity index (χ1v) is 7.50. The number of likely N-dealkylation sites (tertiary alicyclic amines) is 1. The molecule has 0 radical (unpaired) electrons. The average Bonchev–Trinajstić information content (AvgIpc) is 3.25. The summed E-state index contributed by atoms with van der Waals surface area (Å²) in [4.78, 5) is 14.7. The summed E-state index contributed by atoms with van der Waals surface area (Å²) in [7, 11) is 0. The summed E-state index contributed by atoms with van der Waals surface area (Å²) >= 11 is 0. The van der Waals surface area contributed by atoms with E-state index >= 15 is 0 Å². The van der Waals surface area contributed by atoms with Gasteiger partial charge in [0, 0.05) is 25.5 Å². The lowest BCUT2D eigenvalue weighted by Crippen LogP contribution is -2.40. The second-order valence-corrected chi connectivity index (χ2v) is 5.57. The zero-order chi connectivity index (χ0) is 14.9. The molecule has 1 saturated heterocycles. The second kappa shape index (κ2) is 5.36. The fourth-order valence-corrected chi connectivity index (χ4v) is 3.12. The van der Waals surface area contributed by atoms with Crippen molar-refractivity contribution in [3.8, 4) is 11.5 Å². The van der Waals surface area contributed by atoms with Gasteiger partial charge in [-0.15, -0.1) is 0 Å². The lowest BCUT2D eigenvalue weighted by molar-refractivity contribution is 0.0668. The Morgan fingerprint density at radius 3 is 3.09 bits per heavy atom. The summed E-state index contributed by atoms with van der Waals surface area (Å²) in [6, 6.07) is 7.60. The number of benzene rings is 1. The molecule has 1 unspecified atom stereocenters. The first-order valence-electron chi connectivity index (χ1n) is 7.50. The Bertz CT molecular complexity index is 684. The first-order chi connectivity index (χ1) is 10.8. The van der Waals surface area contributed by atoms with Crippen LogP contribution in [-0.2, 0) is 0 Å². The first kappa shape index (κ1) is 13.2. The van der Waals surface area contributed by atoms with Crippen LogP contribution in [0.2, 0.25) is 0 Å². The Kier molecular flexibility index (Phi) is 3.21. The maximum absolute atomic E-state index is 12.8. The predicted molar refractivity (Wildman–Crippen MR) is 79.0 cm³/mol. The van der Waals surface area contributed by atoms with Gasteiger partial charge in [-0.3, -0.25) is 9.48 Å². The molecule has 1 amide bonds. The van der Waals surface area contributed by atoms with Crippen LogP contribution in [0.15, 0.2) is 36.7 Å². The Hall–Kier alpha value is -2.50. The highest BCUT2D eigenvalue weighted by Gasteiger charge is 2.29. The number of hydrogen-bond donors (Lipinski definition) is 0. The van der Waals surface area contributed by atoms with Crippen molar-refractivity contribution in [2.45, 2.75) is 18.9 Å². The van der Waals surface area contributed by atoms with Gasteiger partial charge in [0.15, 0.2) is 11.5 Å². The molecule has 2 aliphatic rings. The highest BCUT2D eigenvalue weighted by atomic mass is 16.7. The molecule has 0 spiro atoms. The van der Waals surface area contributed by atoms with E-state index in [9.17, 15) is 4.79 Å². The normalized spacial score (nSPS) is 20.2. The molecular formula is C16H17N3O3. The van der Waals surface area contributed by atoms with E-state index in [1.54, 1.807) is 12.3 Å². The van der Waals surface area contributed by atoms with Crippen LogP contribution in [0.1, 0.15) is 29.2 Å². The molecule has 6 heteroatoms. The molecule has 0 bridgehead atoms. The van der Waals surface area contributed by atoms with Crippen LogP contribution in [0.25, 0.3) is 0 Å². The Morgan fingerprint density at radius 1 is 1.27 bits per heavy atom. The fourth-order valence-electron chi connectivity index (χ4n) is 3.12. The summed E-state index contributed by atoms with van der Waals surface area (Å²) < 4.78 is 12.7. The molecule has 0 N–H and O–H groups in total. The molecular weight excluding hydrogens is 282 g/mol. The number of nitrogens with zero attached hydrogens (tertiary/aromatic N) is 3. The number of carbonyl (C=O) groups excluding carboxylic acids is 1. The van der Waals surface area contributed by atoms with Crippen molar-refractivity contribution in [2.75, 3.05) is 19.9 Å². The number of rotatable bonds is 2. The van der Waals surface area contributed by atoms with Crippen molar-refractivity contribution in [1.29, 1.82) is 0 Å². The molecule has 4 rings (SSSR count). The third-order valence-electron chi connectivity index (χ3n) is 4.21. The van der Waals surface area contributed by atoms with Gasteiger partial charge in [0.1, 0.15) is 0 Å². The molecule has 0 aliphatic carbocycles. The largest absolute Gasteiger partial charge is 0.454 e. The van der Waals surface area contributed by atoms with Gasteiger partial charge in [0.25, 0.3) is 5.91 Å². The number of fused-ring (bicyclic) bond motifs is 1. The van der Waals surface area contributed by atoms with Crippen molar-refractivity contribution in [2.24, 2.45) is 0 Å². The van der Waals surface area contributed by atoms with E-state index in [1.165, 1.54) is 0 Å². The van der Waals surface area contributed by atoms with E-state index < -0.39 is 0 Å². The maximum Gasteiger partial charge on any atom is 0.257 e. The lowest BCUT2D eigenvalue weighted by atomic mass is 10.0. The van der Waals surface area contributed by atoms with Gasteiger partial charge in [-0.2, -0.15) is 5.10 Å². The van der Waals surface area contributed by atoms with Crippen molar-refractivity contribution in [1.82, 2.24) is 14.7 Å². The second-order valence-electron chi connectivity index (χ2n) is 5.57. The summed E-state index contributed by atoms with van der Waals surface area (Å²) in [6.07, 6.45) is 5.74. The molecule has 6 nitrogen and oxygen atoms in total. The smallest absolute Gasteiger partial charge is 0.257 e. The zero-order valence-corrected chi connectivity index (χ0v) is 12.1. The average molecular weight is 299 g/mol. The van der Waals surface area contributed by atoms with Crippen LogP contribution < -0.4 is 9.47 Å². The number of amides is 1. The van der Waals surface area contributed by atoms with Gasteiger partial charge in [-0.05, 0) is 31.0 Å². The standard InChI is InChI=1S/C16H17N3O3/c20-16(13-5-1-6-14-15(13)22-11-21-14)18-8-2-4-12(10-18)19-9-3-7-17-19/h1,3,5-7,9,12H,2,4,8,10-11H2. The summed E-state index contributed by atoms with van der Waals surface area (Å²) in [5.74, 6) is 1.21. The van der Waals surface area contributed by atoms with Crippen LogP contribution >= 0.6 is 0 Å². The van der Waals surface area contributed by atoms with E-state index in [4.69, 9.17) is 9.47 Å². The Labute approximate surface area is 128 Å². The number of ether oxygens (including phenoxy) is 2. The molecule has 0 saturated carbocycles. The third-order valence-corrected chi connectivity index (χ3v) is 4.21. The minimum absolute atomic E-state index is 0.000735. The van der Waals surface area contributed by atoms with Gasteiger partial charge >= 0.3 is 0 Å². The van der Waals surface area contributed by atoms with E-state index in [0.717, 1.165) is 19.4 Å². The minimum atomic E-state index is -0.000735. The fraction of sp³-hybridized carbons (Fsp3) is 0.375. The SMILES string of the molecule is O=C(c1cccc2c1OCO2)N1CCCC(n2cccn2)C1. The highest BCUT2D eigenvalue weighted by molar-refractivity contribution is 5.98. The molecule has 3 heterocycles. The summed E-state index contributed by atoms with van der Waals surface area (Å²) in [5.41, 5.74) is 0.580. The maximum atomic E-state index is 12.8. The Morgan fingerprint density at radius 2 is 2.23 bits per heavy atom. The van der Waals surface area contributed by atoms with Gasteiger partial charge in [0.2, 0.25) is 6.79 Å². The van der Waals surface area contributed by atoms with Crippen molar-refractivity contribution in [3.63, 3.8) is 0 Å². The van der Waals surface area contributed by atoms with Crippen LogP contribution in [0.4, 0.5) is 0 Å². The quantitative estimate of drug-likeness (QED) is 0.852. The Balaban J connectivity index is 1.57. The summed E-state index contributed by atoms with van der Waals surface area (Å²) in [6.45, 7) is 1.61. The summed E-state index contributed by atoms with van der Waals surface area (Å²) in [5, 5.41) is 4.30. The minimum Gasteiger partial charge on any atom is -0.454 e. The molecule has 114 valence electrons. The number of para-hydroxylation sites is 1.